The molecular weight excluding hydrogens is 487 g/mol. The topological polar surface area (TPSA) is 62.3 Å². The normalized spacial score (nSPS) is 18.4. The molecule has 2 heterocycles. The number of rotatable bonds is 7. The highest BCUT2D eigenvalue weighted by atomic mass is 19.4. The maximum Gasteiger partial charge on any atom is 0.573 e. The van der Waals surface area contributed by atoms with Crippen molar-refractivity contribution in [1.29, 1.82) is 0 Å². The van der Waals surface area contributed by atoms with Crippen molar-refractivity contribution in [2.24, 2.45) is 5.41 Å². The number of ether oxygens (including phenoxy) is 2. The number of likely N-dealkylation sites (N-methyl/N-ethyl adjacent to an activating group) is 1. The van der Waals surface area contributed by atoms with Crippen LogP contribution in [0.5, 0.6) is 11.5 Å². The smallest absolute Gasteiger partial charge is 0.493 e. The second-order valence-electron chi connectivity index (χ2n) is 9.83. The van der Waals surface area contributed by atoms with Crippen LogP contribution in [0.2, 0.25) is 0 Å². The van der Waals surface area contributed by atoms with E-state index in [4.69, 9.17) is 4.74 Å². The van der Waals surface area contributed by atoms with E-state index in [1.807, 2.05) is 42.3 Å². The first-order valence-electron chi connectivity index (χ1n) is 12.4. The Balaban J connectivity index is 1.41. The molecule has 200 valence electrons. The molecule has 2 saturated heterocycles. The first-order chi connectivity index (χ1) is 17.6. The molecule has 2 aliphatic rings. The molecule has 0 radical (unpaired) electrons. The first-order valence-corrected chi connectivity index (χ1v) is 12.4. The molecule has 2 amide bonds. The predicted molar refractivity (Wildman–Crippen MR) is 131 cm³/mol. The van der Waals surface area contributed by atoms with Crippen LogP contribution in [0.15, 0.2) is 54.6 Å². The number of para-hydroxylation sites is 1. The number of piperidine rings is 1. The Hall–Kier alpha value is -3.27. The highest BCUT2D eigenvalue weighted by Gasteiger charge is 2.40. The molecule has 2 fully saturated rings. The summed E-state index contributed by atoms with van der Waals surface area (Å²) in [6.45, 7) is 4.29. The number of amides is 2. The molecule has 0 unspecified atom stereocenters. The van der Waals surface area contributed by atoms with E-state index in [0.717, 1.165) is 31.0 Å². The summed E-state index contributed by atoms with van der Waals surface area (Å²) in [6, 6.07) is 14.4. The van der Waals surface area contributed by atoms with Crippen LogP contribution in [0.3, 0.4) is 0 Å². The van der Waals surface area contributed by atoms with E-state index < -0.39 is 11.8 Å². The van der Waals surface area contributed by atoms with Crippen molar-refractivity contribution in [3.63, 3.8) is 0 Å². The molecule has 0 aromatic heterocycles. The third-order valence-electron chi connectivity index (χ3n) is 7.12. The summed E-state index contributed by atoms with van der Waals surface area (Å²) in [5.41, 5.74) is -0.131. The third kappa shape index (κ3) is 7.38. The molecule has 2 aromatic carbocycles. The van der Waals surface area contributed by atoms with Gasteiger partial charge in [-0.3, -0.25) is 9.59 Å². The minimum absolute atomic E-state index is 0.102. The van der Waals surface area contributed by atoms with E-state index in [0.29, 0.717) is 52.0 Å². The number of nitrogens with zero attached hydrogens (tertiary/aromatic N) is 3. The van der Waals surface area contributed by atoms with Gasteiger partial charge in [0.2, 0.25) is 5.91 Å². The Morgan fingerprint density at radius 2 is 1.46 bits per heavy atom. The van der Waals surface area contributed by atoms with Crippen molar-refractivity contribution in [3.05, 3.63) is 60.2 Å². The number of hydrogen-bond donors (Lipinski definition) is 0. The molecule has 37 heavy (non-hydrogen) atoms. The van der Waals surface area contributed by atoms with Gasteiger partial charge in [-0.25, -0.2) is 0 Å². The summed E-state index contributed by atoms with van der Waals surface area (Å²) < 4.78 is 47.3. The van der Waals surface area contributed by atoms with Crippen LogP contribution in [0.25, 0.3) is 0 Å². The molecule has 0 bridgehead atoms. The van der Waals surface area contributed by atoms with Crippen LogP contribution in [-0.2, 0) is 4.79 Å². The Morgan fingerprint density at radius 1 is 0.838 bits per heavy atom. The number of likely N-dealkylation sites (tertiary alicyclic amines) is 1. The summed E-state index contributed by atoms with van der Waals surface area (Å²) >= 11 is 0. The van der Waals surface area contributed by atoms with Crippen molar-refractivity contribution in [3.8, 4) is 11.5 Å². The van der Waals surface area contributed by atoms with Gasteiger partial charge in [-0.1, -0.05) is 18.2 Å². The predicted octanol–water partition coefficient (Wildman–Crippen LogP) is 4.05. The van der Waals surface area contributed by atoms with E-state index >= 15 is 0 Å². The molecule has 0 spiro atoms. The maximum absolute atomic E-state index is 13.2. The van der Waals surface area contributed by atoms with Crippen molar-refractivity contribution in [2.75, 3.05) is 52.9 Å². The number of hydrogen-bond acceptors (Lipinski definition) is 5. The van der Waals surface area contributed by atoms with E-state index in [9.17, 15) is 22.8 Å². The van der Waals surface area contributed by atoms with Crippen LogP contribution in [0, 0.1) is 5.41 Å². The Labute approximate surface area is 214 Å². The third-order valence-corrected chi connectivity index (χ3v) is 7.12. The average molecular weight is 520 g/mol. The van der Waals surface area contributed by atoms with Gasteiger partial charge in [0, 0.05) is 56.7 Å². The van der Waals surface area contributed by atoms with Crippen molar-refractivity contribution in [1.82, 2.24) is 14.7 Å². The molecule has 7 nitrogen and oxygen atoms in total. The molecule has 2 aromatic rings. The van der Waals surface area contributed by atoms with Gasteiger partial charge in [0.05, 0.1) is 6.61 Å². The molecule has 0 aliphatic carbocycles. The number of halogens is 3. The van der Waals surface area contributed by atoms with E-state index in [2.05, 4.69) is 9.64 Å². The fraction of sp³-hybridized carbons (Fsp3) is 0.481. The van der Waals surface area contributed by atoms with Gasteiger partial charge in [0.25, 0.3) is 5.91 Å². The maximum atomic E-state index is 13.2. The van der Waals surface area contributed by atoms with Crippen molar-refractivity contribution >= 4 is 11.8 Å². The van der Waals surface area contributed by atoms with E-state index in [-0.39, 0.29) is 23.1 Å². The molecule has 0 saturated carbocycles. The molecular formula is C27H32F3N3O4. The summed E-state index contributed by atoms with van der Waals surface area (Å²) in [5.74, 6) is 0.196. The summed E-state index contributed by atoms with van der Waals surface area (Å²) in [4.78, 5) is 32.1. The summed E-state index contributed by atoms with van der Waals surface area (Å²) in [7, 11) is 2.04. The zero-order chi connectivity index (χ0) is 26.5. The van der Waals surface area contributed by atoms with Crippen LogP contribution >= 0.6 is 0 Å². The lowest BCUT2D eigenvalue weighted by Crippen LogP contribution is -2.51. The average Bonchev–Trinajstić information content (AvgIpc) is 2.88. The zero-order valence-electron chi connectivity index (χ0n) is 20.9. The fourth-order valence-corrected chi connectivity index (χ4v) is 4.78. The van der Waals surface area contributed by atoms with Gasteiger partial charge in [-0.05, 0) is 56.3 Å². The second-order valence-corrected chi connectivity index (χ2v) is 9.83. The molecule has 0 atom stereocenters. The van der Waals surface area contributed by atoms with Gasteiger partial charge in [0.1, 0.15) is 11.5 Å². The number of carbonyl (C=O) groups excluding carboxylic acids is 2. The van der Waals surface area contributed by atoms with Crippen LogP contribution in [0.1, 0.15) is 29.6 Å². The zero-order valence-corrected chi connectivity index (χ0v) is 20.9. The monoisotopic (exact) mass is 519 g/mol. The van der Waals surface area contributed by atoms with Gasteiger partial charge < -0.3 is 24.2 Å². The first kappa shape index (κ1) is 26.8. The van der Waals surface area contributed by atoms with Crippen molar-refractivity contribution in [2.45, 2.75) is 25.6 Å². The van der Waals surface area contributed by atoms with Gasteiger partial charge in [-0.2, -0.15) is 0 Å². The lowest BCUT2D eigenvalue weighted by molar-refractivity contribution is -0.274. The van der Waals surface area contributed by atoms with E-state index in [1.165, 1.54) is 12.1 Å². The van der Waals surface area contributed by atoms with Crippen LogP contribution in [-0.4, -0.2) is 85.8 Å². The Bertz CT molecular complexity index is 1050. The van der Waals surface area contributed by atoms with E-state index in [1.54, 1.807) is 4.90 Å². The Morgan fingerprint density at radius 3 is 2.05 bits per heavy atom. The number of benzene rings is 2. The number of alkyl halides is 3. The standard InChI is InChI=1S/C27H32F3N3O4/c1-31-15-17-32(18-16-31)24(34)19-26(20-36-22-5-3-2-4-6-22)11-13-33(14-12-26)25(35)21-7-9-23(10-8-21)37-27(28,29)30/h2-10H,11-20H2,1H3. The highest BCUT2D eigenvalue weighted by molar-refractivity contribution is 5.94. The largest absolute Gasteiger partial charge is 0.573 e. The van der Waals surface area contributed by atoms with Gasteiger partial charge >= 0.3 is 6.36 Å². The summed E-state index contributed by atoms with van der Waals surface area (Å²) in [5, 5.41) is 0. The summed E-state index contributed by atoms with van der Waals surface area (Å²) in [6.07, 6.45) is -3.28. The molecule has 4 rings (SSSR count). The second kappa shape index (κ2) is 11.4. The van der Waals surface area contributed by atoms with Crippen LogP contribution in [0.4, 0.5) is 13.2 Å². The van der Waals surface area contributed by atoms with Gasteiger partial charge in [-0.15, -0.1) is 13.2 Å². The van der Waals surface area contributed by atoms with Crippen molar-refractivity contribution < 1.29 is 32.2 Å². The highest BCUT2D eigenvalue weighted by Crippen LogP contribution is 2.37. The minimum atomic E-state index is -4.79. The number of carbonyl (C=O) groups is 2. The molecule has 10 heteroatoms. The van der Waals surface area contributed by atoms with Crippen LogP contribution < -0.4 is 9.47 Å². The fourth-order valence-electron chi connectivity index (χ4n) is 4.78. The molecule has 0 N–H and O–H groups in total. The minimum Gasteiger partial charge on any atom is -0.493 e. The SMILES string of the molecule is CN1CCN(C(=O)CC2(COc3ccccc3)CCN(C(=O)c3ccc(OC(F)(F)F)cc3)CC2)CC1. The van der Waals surface area contributed by atoms with Gasteiger partial charge in [0.15, 0.2) is 0 Å². The lowest BCUT2D eigenvalue weighted by atomic mass is 9.75. The Kier molecular flexibility index (Phi) is 8.26. The quantitative estimate of drug-likeness (QED) is 0.553. The number of piperazine rings is 1. The molecule has 2 aliphatic heterocycles. The lowest BCUT2D eigenvalue weighted by Gasteiger charge is -2.42.